The maximum absolute atomic E-state index is 11.5. The molecule has 4 aliphatic heterocycles. The zero-order chi connectivity index (χ0) is 15.2. The highest BCUT2D eigenvalue weighted by Crippen LogP contribution is 2.39. The van der Waals surface area contributed by atoms with E-state index in [1.165, 1.54) is 65.0 Å². The van der Waals surface area contributed by atoms with Gasteiger partial charge in [0, 0.05) is 57.0 Å². The van der Waals surface area contributed by atoms with Gasteiger partial charge in [-0.15, -0.1) is 0 Å². The largest absolute Gasteiger partial charge is 0.342 e. The van der Waals surface area contributed by atoms with Crippen LogP contribution in [0.1, 0.15) is 32.6 Å². The Hall–Kier alpha value is -0.650. The minimum Gasteiger partial charge on any atom is -0.342 e. The highest BCUT2D eigenvalue weighted by Gasteiger charge is 2.47. The van der Waals surface area contributed by atoms with Gasteiger partial charge in [-0.1, -0.05) is 0 Å². The zero-order valence-electron chi connectivity index (χ0n) is 13.9. The monoisotopic (exact) mass is 306 g/mol. The Morgan fingerprint density at radius 2 is 1.55 bits per heavy atom. The lowest BCUT2D eigenvalue weighted by Crippen LogP contribution is -2.65. The Labute approximate surface area is 134 Å². The molecule has 0 aromatic heterocycles. The van der Waals surface area contributed by atoms with Gasteiger partial charge >= 0.3 is 0 Å². The van der Waals surface area contributed by atoms with Crippen LogP contribution in [-0.4, -0.2) is 79.6 Å². The van der Waals surface area contributed by atoms with Gasteiger partial charge in [-0.05, 0) is 38.8 Å². The standard InChI is InChI=1S/C17H30N4O/c1-15(22)21-12-17(13-21)5-3-7-20(11-17)14-19-6-2-4-16(10-19)8-18-9-16/h18H,2-14H2,1H3. The lowest BCUT2D eigenvalue weighted by Gasteiger charge is -2.55. The number of carbonyl (C=O) groups excluding carboxylic acids is 1. The van der Waals surface area contributed by atoms with E-state index < -0.39 is 0 Å². The van der Waals surface area contributed by atoms with Crippen molar-refractivity contribution in [3.63, 3.8) is 0 Å². The van der Waals surface area contributed by atoms with Gasteiger partial charge in [0.15, 0.2) is 0 Å². The molecule has 4 heterocycles. The topological polar surface area (TPSA) is 38.8 Å². The SMILES string of the molecule is CC(=O)N1CC2(CCCN(CN3CCCC4(CNC4)C3)C2)C1. The predicted molar refractivity (Wildman–Crippen MR) is 86.5 cm³/mol. The van der Waals surface area contributed by atoms with E-state index in [4.69, 9.17) is 0 Å². The molecular weight excluding hydrogens is 276 g/mol. The van der Waals surface area contributed by atoms with Gasteiger partial charge in [0.2, 0.25) is 5.91 Å². The Bertz CT molecular complexity index is 442. The molecule has 124 valence electrons. The summed E-state index contributed by atoms with van der Waals surface area (Å²) in [5.74, 6) is 0.248. The molecule has 4 rings (SSSR count). The Kier molecular flexibility index (Phi) is 3.70. The van der Waals surface area contributed by atoms with E-state index in [0.717, 1.165) is 19.8 Å². The number of piperidine rings is 2. The predicted octanol–water partition coefficient (Wildman–Crippen LogP) is 0.574. The molecule has 0 saturated carbocycles. The number of nitrogens with one attached hydrogen (secondary N) is 1. The van der Waals surface area contributed by atoms with Crippen molar-refractivity contribution in [3.05, 3.63) is 0 Å². The molecule has 5 heteroatoms. The number of rotatable bonds is 2. The van der Waals surface area contributed by atoms with Crippen LogP contribution in [0.4, 0.5) is 0 Å². The van der Waals surface area contributed by atoms with Crippen LogP contribution in [0.5, 0.6) is 0 Å². The normalized spacial score (nSPS) is 31.0. The van der Waals surface area contributed by atoms with Crippen LogP contribution in [0.2, 0.25) is 0 Å². The number of amides is 1. The number of hydrogen-bond donors (Lipinski definition) is 1. The lowest BCUT2D eigenvalue weighted by molar-refractivity contribution is -0.146. The lowest BCUT2D eigenvalue weighted by atomic mass is 9.73. The second-order valence-electron chi connectivity index (χ2n) is 8.43. The third-order valence-electron chi connectivity index (χ3n) is 6.38. The van der Waals surface area contributed by atoms with Crippen molar-refractivity contribution in [1.82, 2.24) is 20.0 Å². The highest BCUT2D eigenvalue weighted by atomic mass is 16.2. The highest BCUT2D eigenvalue weighted by molar-refractivity contribution is 5.74. The van der Waals surface area contributed by atoms with Crippen molar-refractivity contribution < 1.29 is 4.79 Å². The number of carbonyl (C=O) groups is 1. The molecule has 2 spiro atoms. The van der Waals surface area contributed by atoms with Gasteiger partial charge in [0.05, 0.1) is 6.67 Å². The Morgan fingerprint density at radius 3 is 2.09 bits per heavy atom. The van der Waals surface area contributed by atoms with Crippen molar-refractivity contribution in [1.29, 1.82) is 0 Å². The average Bonchev–Trinajstić information content (AvgIpc) is 2.43. The molecule has 0 aromatic carbocycles. The zero-order valence-corrected chi connectivity index (χ0v) is 13.9. The summed E-state index contributed by atoms with van der Waals surface area (Å²) in [6.07, 6.45) is 5.38. The quantitative estimate of drug-likeness (QED) is 0.810. The van der Waals surface area contributed by atoms with Crippen molar-refractivity contribution in [3.8, 4) is 0 Å². The summed E-state index contributed by atoms with van der Waals surface area (Å²) in [4.78, 5) is 18.8. The molecule has 0 atom stereocenters. The van der Waals surface area contributed by atoms with Gasteiger partial charge in [-0.25, -0.2) is 0 Å². The van der Waals surface area contributed by atoms with Gasteiger partial charge < -0.3 is 10.2 Å². The van der Waals surface area contributed by atoms with E-state index in [9.17, 15) is 4.79 Å². The molecular formula is C17H30N4O. The summed E-state index contributed by atoms with van der Waals surface area (Å²) in [5, 5.41) is 3.46. The third kappa shape index (κ3) is 2.68. The van der Waals surface area contributed by atoms with E-state index in [1.54, 1.807) is 6.92 Å². The van der Waals surface area contributed by atoms with Gasteiger partial charge in [-0.3, -0.25) is 14.6 Å². The fourth-order valence-corrected chi connectivity index (χ4v) is 5.16. The minimum absolute atomic E-state index is 0.248. The molecule has 4 fully saturated rings. The maximum atomic E-state index is 11.5. The van der Waals surface area contributed by atoms with E-state index in [2.05, 4.69) is 15.1 Å². The molecule has 4 saturated heterocycles. The summed E-state index contributed by atoms with van der Waals surface area (Å²) in [6.45, 7) is 12.3. The number of nitrogens with zero attached hydrogens (tertiary/aromatic N) is 3. The van der Waals surface area contributed by atoms with Crippen LogP contribution in [-0.2, 0) is 4.79 Å². The van der Waals surface area contributed by atoms with Crippen molar-refractivity contribution in [2.75, 3.05) is 59.0 Å². The van der Waals surface area contributed by atoms with Crippen molar-refractivity contribution in [2.24, 2.45) is 10.8 Å². The first-order valence-electron chi connectivity index (χ1n) is 8.99. The fraction of sp³-hybridized carbons (Fsp3) is 0.941. The Morgan fingerprint density at radius 1 is 0.955 bits per heavy atom. The molecule has 0 aliphatic carbocycles. The van der Waals surface area contributed by atoms with E-state index >= 15 is 0 Å². The van der Waals surface area contributed by atoms with E-state index in [0.29, 0.717) is 10.8 Å². The van der Waals surface area contributed by atoms with Crippen LogP contribution in [0.3, 0.4) is 0 Å². The summed E-state index contributed by atoms with van der Waals surface area (Å²) in [7, 11) is 0. The molecule has 1 amide bonds. The van der Waals surface area contributed by atoms with E-state index in [1.807, 2.05) is 4.90 Å². The summed E-state index contributed by atoms with van der Waals surface area (Å²) in [6, 6.07) is 0. The van der Waals surface area contributed by atoms with Crippen LogP contribution < -0.4 is 5.32 Å². The van der Waals surface area contributed by atoms with Crippen LogP contribution in [0, 0.1) is 10.8 Å². The summed E-state index contributed by atoms with van der Waals surface area (Å²) in [5.41, 5.74) is 1.00. The van der Waals surface area contributed by atoms with Gasteiger partial charge in [0.25, 0.3) is 0 Å². The van der Waals surface area contributed by atoms with E-state index in [-0.39, 0.29) is 5.91 Å². The van der Waals surface area contributed by atoms with Crippen LogP contribution >= 0.6 is 0 Å². The number of likely N-dealkylation sites (tertiary alicyclic amines) is 3. The van der Waals surface area contributed by atoms with Gasteiger partial charge in [-0.2, -0.15) is 0 Å². The first-order valence-corrected chi connectivity index (χ1v) is 8.99. The average molecular weight is 306 g/mol. The molecule has 0 radical (unpaired) electrons. The minimum atomic E-state index is 0.248. The fourth-order valence-electron chi connectivity index (χ4n) is 5.16. The van der Waals surface area contributed by atoms with Crippen molar-refractivity contribution in [2.45, 2.75) is 32.6 Å². The third-order valence-corrected chi connectivity index (χ3v) is 6.38. The smallest absolute Gasteiger partial charge is 0.219 e. The molecule has 0 aromatic rings. The first kappa shape index (κ1) is 14.9. The number of hydrogen-bond acceptors (Lipinski definition) is 4. The maximum Gasteiger partial charge on any atom is 0.219 e. The molecule has 0 unspecified atom stereocenters. The Balaban J connectivity index is 1.31. The molecule has 5 nitrogen and oxygen atoms in total. The molecule has 22 heavy (non-hydrogen) atoms. The second kappa shape index (κ2) is 5.46. The van der Waals surface area contributed by atoms with Crippen molar-refractivity contribution >= 4 is 5.91 Å². The first-order chi connectivity index (χ1) is 10.6. The van der Waals surface area contributed by atoms with Gasteiger partial charge in [0.1, 0.15) is 0 Å². The molecule has 4 aliphatic rings. The second-order valence-corrected chi connectivity index (χ2v) is 8.43. The molecule has 0 bridgehead atoms. The van der Waals surface area contributed by atoms with Crippen LogP contribution in [0.15, 0.2) is 0 Å². The summed E-state index contributed by atoms with van der Waals surface area (Å²) < 4.78 is 0. The van der Waals surface area contributed by atoms with Crippen LogP contribution in [0.25, 0.3) is 0 Å². The molecule has 1 N–H and O–H groups in total. The summed E-state index contributed by atoms with van der Waals surface area (Å²) >= 11 is 0.